The fourth-order valence-corrected chi connectivity index (χ4v) is 3.45. The van der Waals surface area contributed by atoms with Gasteiger partial charge in [0.25, 0.3) is 5.91 Å². The molecule has 3 heterocycles. The molecule has 0 unspecified atom stereocenters. The van der Waals surface area contributed by atoms with Crippen LogP contribution in [0.4, 0.5) is 10.3 Å². The predicted octanol–water partition coefficient (Wildman–Crippen LogP) is 2.20. The second-order valence-corrected chi connectivity index (χ2v) is 7.58. The van der Waals surface area contributed by atoms with E-state index in [1.807, 2.05) is 24.3 Å². The van der Waals surface area contributed by atoms with Gasteiger partial charge >= 0.3 is 0 Å². The molecule has 2 aromatic rings. The Morgan fingerprint density at radius 1 is 1.26 bits per heavy atom. The molecular weight excluding hydrogens is 349 g/mol. The number of hydrogen-bond acceptors (Lipinski definition) is 4. The standard InChI is InChI=1S/C19H20FN5O2/c20-19(8-9-19)17(27)24-10-6-12(7-11-24)14-2-1-3-15-21-18(23-25(14)15)22-16(26)13-4-5-13/h1-3,6,13H,4-5,7-11H2,(H,22,23,26). The molecule has 0 atom stereocenters. The maximum Gasteiger partial charge on any atom is 0.260 e. The molecule has 5 rings (SSSR count). The van der Waals surface area contributed by atoms with Gasteiger partial charge in [-0.1, -0.05) is 12.1 Å². The average Bonchev–Trinajstić information content (AvgIpc) is 3.60. The van der Waals surface area contributed by atoms with Crippen LogP contribution in [0.5, 0.6) is 0 Å². The molecule has 2 fully saturated rings. The Labute approximate surface area is 155 Å². The van der Waals surface area contributed by atoms with E-state index in [1.54, 1.807) is 9.42 Å². The molecule has 0 radical (unpaired) electrons. The number of pyridine rings is 1. The minimum atomic E-state index is -1.62. The SMILES string of the molecule is O=C(Nc1nc2cccc(C3=CCN(C(=O)C4(F)CC4)CC3)n2n1)C1CC1. The molecule has 2 saturated carbocycles. The van der Waals surface area contributed by atoms with Crippen molar-refractivity contribution in [2.45, 2.75) is 37.8 Å². The average molecular weight is 369 g/mol. The van der Waals surface area contributed by atoms with E-state index in [2.05, 4.69) is 15.4 Å². The van der Waals surface area contributed by atoms with Crippen molar-refractivity contribution in [2.75, 3.05) is 18.4 Å². The number of amides is 2. The molecule has 0 saturated heterocycles. The highest BCUT2D eigenvalue weighted by Gasteiger charge is 2.52. The zero-order valence-electron chi connectivity index (χ0n) is 14.8. The minimum Gasteiger partial charge on any atom is -0.336 e. The number of nitrogens with zero attached hydrogens (tertiary/aromatic N) is 4. The van der Waals surface area contributed by atoms with Crippen molar-refractivity contribution >= 4 is 29.0 Å². The molecule has 1 N–H and O–H groups in total. The Kier molecular flexibility index (Phi) is 3.57. The lowest BCUT2D eigenvalue weighted by atomic mass is 10.0. The highest BCUT2D eigenvalue weighted by molar-refractivity contribution is 5.92. The van der Waals surface area contributed by atoms with Crippen LogP contribution < -0.4 is 5.32 Å². The summed E-state index contributed by atoms with van der Waals surface area (Å²) in [5.41, 5.74) is 0.948. The van der Waals surface area contributed by atoms with E-state index in [1.165, 1.54) is 0 Å². The van der Waals surface area contributed by atoms with Gasteiger partial charge < -0.3 is 4.90 Å². The van der Waals surface area contributed by atoms with E-state index in [-0.39, 0.29) is 17.7 Å². The monoisotopic (exact) mass is 369 g/mol. The van der Waals surface area contributed by atoms with Crippen molar-refractivity contribution in [3.05, 3.63) is 30.0 Å². The smallest absolute Gasteiger partial charge is 0.260 e. The van der Waals surface area contributed by atoms with Crippen molar-refractivity contribution < 1.29 is 14.0 Å². The second-order valence-electron chi connectivity index (χ2n) is 7.58. The van der Waals surface area contributed by atoms with E-state index in [9.17, 15) is 14.0 Å². The van der Waals surface area contributed by atoms with E-state index in [4.69, 9.17) is 0 Å². The summed E-state index contributed by atoms with van der Waals surface area (Å²) < 4.78 is 15.7. The topological polar surface area (TPSA) is 79.6 Å². The quantitative estimate of drug-likeness (QED) is 0.896. The number of carbonyl (C=O) groups is 2. The van der Waals surface area contributed by atoms with Crippen molar-refractivity contribution in [1.29, 1.82) is 0 Å². The molecule has 2 aliphatic carbocycles. The first kappa shape index (κ1) is 16.4. The third kappa shape index (κ3) is 2.98. The number of aromatic nitrogens is 3. The molecule has 140 valence electrons. The molecule has 0 bridgehead atoms. The van der Waals surface area contributed by atoms with Crippen LogP contribution in [0.15, 0.2) is 24.3 Å². The number of alkyl halides is 1. The summed E-state index contributed by atoms with van der Waals surface area (Å²) in [6.07, 6.45) is 5.11. The van der Waals surface area contributed by atoms with Crippen LogP contribution in [0, 0.1) is 5.92 Å². The Balaban J connectivity index is 1.38. The van der Waals surface area contributed by atoms with Gasteiger partial charge in [-0.25, -0.2) is 8.91 Å². The lowest BCUT2D eigenvalue weighted by Crippen LogP contribution is -2.41. The number of fused-ring (bicyclic) bond motifs is 1. The van der Waals surface area contributed by atoms with Gasteiger partial charge in [0.2, 0.25) is 11.9 Å². The summed E-state index contributed by atoms with van der Waals surface area (Å²) in [7, 11) is 0. The molecule has 1 aliphatic heterocycles. The van der Waals surface area contributed by atoms with Crippen molar-refractivity contribution in [3.8, 4) is 0 Å². The van der Waals surface area contributed by atoms with Crippen molar-refractivity contribution in [2.24, 2.45) is 5.92 Å². The number of hydrogen-bond donors (Lipinski definition) is 1. The molecule has 2 aromatic heterocycles. The number of anilines is 1. The molecule has 0 spiro atoms. The first-order chi connectivity index (χ1) is 13.0. The molecular formula is C19H20FN5O2. The summed E-state index contributed by atoms with van der Waals surface area (Å²) in [5.74, 6) is -0.0212. The number of rotatable bonds is 4. The van der Waals surface area contributed by atoms with E-state index < -0.39 is 5.67 Å². The molecule has 3 aliphatic rings. The molecule has 2 amide bonds. The first-order valence-corrected chi connectivity index (χ1v) is 9.38. The van der Waals surface area contributed by atoms with E-state index in [0.717, 1.165) is 24.1 Å². The third-order valence-electron chi connectivity index (χ3n) is 5.44. The largest absolute Gasteiger partial charge is 0.336 e. The van der Waals surface area contributed by atoms with Crippen molar-refractivity contribution in [3.63, 3.8) is 0 Å². The van der Waals surface area contributed by atoms with Crippen molar-refractivity contribution in [1.82, 2.24) is 19.5 Å². The Hall–Kier alpha value is -2.77. The van der Waals surface area contributed by atoms with Crippen LogP contribution in [0.1, 0.15) is 37.8 Å². The van der Waals surface area contributed by atoms with E-state index in [0.29, 0.717) is 43.9 Å². The fraction of sp³-hybridized carbons (Fsp3) is 0.474. The van der Waals surface area contributed by atoms with Crippen LogP contribution in [0.3, 0.4) is 0 Å². The third-order valence-corrected chi connectivity index (χ3v) is 5.44. The lowest BCUT2D eigenvalue weighted by molar-refractivity contribution is -0.137. The highest BCUT2D eigenvalue weighted by Crippen LogP contribution is 2.42. The van der Waals surface area contributed by atoms with Crippen LogP contribution in [0.2, 0.25) is 0 Å². The lowest BCUT2D eigenvalue weighted by Gasteiger charge is -2.27. The maximum atomic E-state index is 14.0. The van der Waals surface area contributed by atoms with Gasteiger partial charge in [-0.15, -0.1) is 5.10 Å². The number of carbonyl (C=O) groups excluding carboxylic acids is 2. The molecule has 7 nitrogen and oxygen atoms in total. The van der Waals surface area contributed by atoms with Gasteiger partial charge in [-0.3, -0.25) is 14.9 Å². The zero-order chi connectivity index (χ0) is 18.6. The number of nitrogens with one attached hydrogen (secondary N) is 1. The normalized spacial score (nSPS) is 21.1. The summed E-state index contributed by atoms with van der Waals surface area (Å²) >= 11 is 0. The van der Waals surface area contributed by atoms with Crippen LogP contribution in [0.25, 0.3) is 11.2 Å². The van der Waals surface area contributed by atoms with Crippen LogP contribution in [-0.4, -0.2) is 50.1 Å². The van der Waals surface area contributed by atoms with Gasteiger partial charge in [0.15, 0.2) is 11.3 Å². The van der Waals surface area contributed by atoms with Crippen LogP contribution in [-0.2, 0) is 9.59 Å². The summed E-state index contributed by atoms with van der Waals surface area (Å²) in [5, 5.41) is 7.21. The summed E-state index contributed by atoms with van der Waals surface area (Å²) in [6, 6.07) is 5.67. The van der Waals surface area contributed by atoms with Gasteiger partial charge in [0.1, 0.15) is 0 Å². The fourth-order valence-electron chi connectivity index (χ4n) is 3.45. The first-order valence-electron chi connectivity index (χ1n) is 9.38. The number of halogens is 1. The summed E-state index contributed by atoms with van der Waals surface area (Å²) in [6.45, 7) is 0.892. The molecule has 27 heavy (non-hydrogen) atoms. The maximum absolute atomic E-state index is 14.0. The Morgan fingerprint density at radius 3 is 2.74 bits per heavy atom. The Bertz CT molecular complexity index is 974. The van der Waals surface area contributed by atoms with E-state index >= 15 is 0 Å². The Morgan fingerprint density at radius 2 is 2.07 bits per heavy atom. The molecule has 8 heteroatoms. The molecule has 0 aromatic carbocycles. The second kappa shape index (κ2) is 5.87. The van der Waals surface area contributed by atoms with Gasteiger partial charge in [0.05, 0.1) is 5.69 Å². The minimum absolute atomic E-state index is 0.0290. The zero-order valence-corrected chi connectivity index (χ0v) is 14.8. The van der Waals surface area contributed by atoms with Gasteiger partial charge in [-0.05, 0) is 49.8 Å². The predicted molar refractivity (Wildman–Crippen MR) is 96.6 cm³/mol. The van der Waals surface area contributed by atoms with Crippen LogP contribution >= 0.6 is 0 Å². The van der Waals surface area contributed by atoms with Gasteiger partial charge in [-0.2, -0.15) is 4.98 Å². The summed E-state index contributed by atoms with van der Waals surface area (Å²) in [4.78, 5) is 30.1. The van der Waals surface area contributed by atoms with Gasteiger partial charge in [0, 0.05) is 19.0 Å². The highest BCUT2D eigenvalue weighted by atomic mass is 19.1.